The average Bonchev–Trinajstić information content (AvgIpc) is 2.69. The Bertz CT molecular complexity index is 462. The molecule has 0 fully saturated rings. The molecule has 2 aromatic rings. The van der Waals surface area contributed by atoms with Gasteiger partial charge in [-0.25, -0.2) is 4.98 Å². The molecule has 1 unspecified atom stereocenters. The first kappa shape index (κ1) is 11.5. The van der Waals surface area contributed by atoms with Gasteiger partial charge in [-0.3, -0.25) is 0 Å². The fraction of sp³-hybridized carbons (Fsp3) is 0.462. The number of benzene rings is 1. The molecule has 2 rings (SSSR count). The van der Waals surface area contributed by atoms with E-state index in [-0.39, 0.29) is 0 Å². The molecule has 0 aliphatic rings. The van der Waals surface area contributed by atoms with Crippen LogP contribution in [-0.2, 0) is 6.54 Å². The molecular weight excluding hydrogens is 216 g/mol. The molecule has 16 heavy (non-hydrogen) atoms. The lowest BCUT2D eigenvalue weighted by atomic mass is 9.98. The van der Waals surface area contributed by atoms with Gasteiger partial charge in [0.15, 0.2) is 0 Å². The summed E-state index contributed by atoms with van der Waals surface area (Å²) in [4.78, 5) is 4.40. The van der Waals surface area contributed by atoms with Crippen LogP contribution in [0.3, 0.4) is 0 Å². The minimum absolute atomic E-state index is 0.598. The number of hydrogen-bond acceptors (Lipinski definition) is 2. The van der Waals surface area contributed by atoms with Gasteiger partial charge in [0, 0.05) is 6.54 Å². The van der Waals surface area contributed by atoms with E-state index in [1.54, 1.807) is 0 Å². The van der Waals surface area contributed by atoms with E-state index in [9.17, 15) is 0 Å². The van der Waals surface area contributed by atoms with Crippen molar-refractivity contribution in [1.29, 1.82) is 0 Å². The Morgan fingerprint density at radius 1 is 1.31 bits per heavy atom. The quantitative estimate of drug-likeness (QED) is 0.804. The normalized spacial score (nSPS) is 13.5. The van der Waals surface area contributed by atoms with Crippen molar-refractivity contribution in [3.8, 4) is 0 Å². The van der Waals surface area contributed by atoms with Crippen molar-refractivity contribution in [3.63, 3.8) is 0 Å². The molecule has 0 aliphatic carbocycles. The predicted molar refractivity (Wildman–Crippen MR) is 71.9 cm³/mol. The van der Waals surface area contributed by atoms with Gasteiger partial charge in [0.2, 0.25) is 0 Å². The molecule has 0 saturated carbocycles. The third-order valence-electron chi connectivity index (χ3n) is 3.14. The summed E-state index contributed by atoms with van der Waals surface area (Å²) in [6.07, 6.45) is 1.93. The summed E-state index contributed by atoms with van der Waals surface area (Å²) in [6.45, 7) is 5.50. The molecule has 0 radical (unpaired) electrons. The van der Waals surface area contributed by atoms with E-state index < -0.39 is 0 Å². The van der Waals surface area contributed by atoms with Gasteiger partial charge < -0.3 is 4.57 Å². The van der Waals surface area contributed by atoms with Crippen molar-refractivity contribution in [1.82, 2.24) is 9.55 Å². The third kappa shape index (κ3) is 2.24. The van der Waals surface area contributed by atoms with Crippen molar-refractivity contribution >= 4 is 23.7 Å². The second kappa shape index (κ2) is 4.91. The zero-order valence-corrected chi connectivity index (χ0v) is 10.7. The lowest BCUT2D eigenvalue weighted by Gasteiger charge is -2.19. The van der Waals surface area contributed by atoms with Gasteiger partial charge >= 0.3 is 0 Å². The summed E-state index contributed by atoms with van der Waals surface area (Å²) in [5.41, 5.74) is 2.29. The van der Waals surface area contributed by atoms with Crippen molar-refractivity contribution in [2.24, 2.45) is 11.8 Å². The molecule has 1 aromatic heterocycles. The van der Waals surface area contributed by atoms with Crippen molar-refractivity contribution in [3.05, 3.63) is 30.6 Å². The molecule has 0 aliphatic heterocycles. The highest BCUT2D eigenvalue weighted by atomic mass is 32.1. The second-order valence-corrected chi connectivity index (χ2v) is 4.94. The predicted octanol–water partition coefficient (Wildman–Crippen LogP) is 3.24. The number of hydrogen-bond donors (Lipinski definition) is 1. The number of imidazole rings is 1. The Morgan fingerprint density at radius 3 is 2.75 bits per heavy atom. The summed E-state index contributed by atoms with van der Waals surface area (Å²) >= 11 is 4.43. The van der Waals surface area contributed by atoms with Crippen LogP contribution in [0.15, 0.2) is 30.6 Å². The van der Waals surface area contributed by atoms with E-state index in [1.807, 2.05) is 12.4 Å². The zero-order valence-electron chi connectivity index (χ0n) is 9.80. The number of fused-ring (bicyclic) bond motifs is 1. The molecule has 0 bridgehead atoms. The Labute approximate surface area is 102 Å². The molecule has 2 nitrogen and oxygen atoms in total. The largest absolute Gasteiger partial charge is 0.330 e. The Hall–Kier alpha value is -0.960. The smallest absolute Gasteiger partial charge is 0.0958 e. The number of nitrogens with zero attached hydrogens (tertiary/aromatic N) is 2. The fourth-order valence-electron chi connectivity index (χ4n) is 1.89. The standard InChI is InChI=1S/C13H18N2S/c1-10(2)11(8-16)7-15-9-14-12-5-3-4-6-13(12)15/h3-6,9-11,16H,7-8H2,1-2H3. The van der Waals surface area contributed by atoms with E-state index in [4.69, 9.17) is 0 Å². The first-order valence-corrected chi connectivity index (χ1v) is 6.36. The van der Waals surface area contributed by atoms with E-state index in [1.165, 1.54) is 5.52 Å². The van der Waals surface area contributed by atoms with E-state index in [0.29, 0.717) is 11.8 Å². The summed E-state index contributed by atoms with van der Waals surface area (Å²) in [5, 5.41) is 0. The first-order chi connectivity index (χ1) is 7.72. The Morgan fingerprint density at radius 2 is 2.06 bits per heavy atom. The molecule has 0 saturated heterocycles. The molecule has 0 amide bonds. The molecule has 1 atom stereocenters. The van der Waals surface area contributed by atoms with Crippen molar-refractivity contribution < 1.29 is 0 Å². The van der Waals surface area contributed by atoms with Crippen molar-refractivity contribution in [2.75, 3.05) is 5.75 Å². The van der Waals surface area contributed by atoms with E-state index in [0.717, 1.165) is 17.8 Å². The van der Waals surface area contributed by atoms with Crippen LogP contribution in [0.1, 0.15) is 13.8 Å². The van der Waals surface area contributed by atoms with Gasteiger partial charge in [-0.05, 0) is 29.7 Å². The highest BCUT2D eigenvalue weighted by Crippen LogP contribution is 2.19. The van der Waals surface area contributed by atoms with Gasteiger partial charge in [0.25, 0.3) is 0 Å². The monoisotopic (exact) mass is 234 g/mol. The fourth-order valence-corrected chi connectivity index (χ4v) is 2.42. The Balaban J connectivity index is 2.27. The molecule has 86 valence electrons. The van der Waals surface area contributed by atoms with Gasteiger partial charge in [0.05, 0.1) is 17.4 Å². The maximum absolute atomic E-state index is 4.43. The SMILES string of the molecule is CC(C)C(CS)Cn1cnc2ccccc21. The Kier molecular flexibility index (Phi) is 3.54. The minimum atomic E-state index is 0.598. The molecular formula is C13H18N2S. The summed E-state index contributed by atoms with van der Waals surface area (Å²) in [6, 6.07) is 8.26. The lowest BCUT2D eigenvalue weighted by Crippen LogP contribution is -2.17. The summed E-state index contributed by atoms with van der Waals surface area (Å²) < 4.78 is 2.23. The third-order valence-corrected chi connectivity index (χ3v) is 3.60. The number of thiol groups is 1. The molecule has 0 N–H and O–H groups in total. The summed E-state index contributed by atoms with van der Waals surface area (Å²) in [7, 11) is 0. The molecule has 1 heterocycles. The van der Waals surface area contributed by atoms with Crippen LogP contribution in [0, 0.1) is 11.8 Å². The van der Waals surface area contributed by atoms with Gasteiger partial charge in [-0.15, -0.1) is 0 Å². The highest BCUT2D eigenvalue weighted by molar-refractivity contribution is 7.80. The van der Waals surface area contributed by atoms with Crippen LogP contribution in [0.2, 0.25) is 0 Å². The van der Waals surface area contributed by atoms with Gasteiger partial charge in [-0.1, -0.05) is 26.0 Å². The van der Waals surface area contributed by atoms with Crippen LogP contribution in [-0.4, -0.2) is 15.3 Å². The maximum Gasteiger partial charge on any atom is 0.0958 e. The first-order valence-electron chi connectivity index (χ1n) is 5.73. The number of rotatable bonds is 4. The molecule has 3 heteroatoms. The van der Waals surface area contributed by atoms with Crippen LogP contribution >= 0.6 is 12.6 Å². The lowest BCUT2D eigenvalue weighted by molar-refractivity contribution is 0.376. The maximum atomic E-state index is 4.43. The molecule has 1 aromatic carbocycles. The van der Waals surface area contributed by atoms with E-state index >= 15 is 0 Å². The average molecular weight is 234 g/mol. The van der Waals surface area contributed by atoms with Gasteiger partial charge in [-0.2, -0.15) is 12.6 Å². The minimum Gasteiger partial charge on any atom is -0.330 e. The highest BCUT2D eigenvalue weighted by Gasteiger charge is 2.13. The zero-order chi connectivity index (χ0) is 11.5. The van der Waals surface area contributed by atoms with Gasteiger partial charge in [0.1, 0.15) is 0 Å². The number of aromatic nitrogens is 2. The molecule has 0 spiro atoms. The second-order valence-electron chi connectivity index (χ2n) is 4.57. The van der Waals surface area contributed by atoms with E-state index in [2.05, 4.69) is 54.2 Å². The summed E-state index contributed by atoms with van der Waals surface area (Å²) in [5.74, 6) is 2.17. The van der Waals surface area contributed by atoms with Crippen molar-refractivity contribution in [2.45, 2.75) is 20.4 Å². The number of para-hydroxylation sites is 2. The van der Waals surface area contributed by atoms with Crippen LogP contribution in [0.4, 0.5) is 0 Å². The van der Waals surface area contributed by atoms with Crippen LogP contribution in [0.25, 0.3) is 11.0 Å². The van der Waals surface area contributed by atoms with Crippen LogP contribution in [0.5, 0.6) is 0 Å². The topological polar surface area (TPSA) is 17.8 Å². The van der Waals surface area contributed by atoms with Crippen LogP contribution < -0.4 is 0 Å².